The van der Waals surface area contributed by atoms with Crippen LogP contribution in [0.25, 0.3) is 11.4 Å². The van der Waals surface area contributed by atoms with Gasteiger partial charge in [-0.15, -0.1) is 0 Å². The van der Waals surface area contributed by atoms with Gasteiger partial charge in [-0.2, -0.15) is 0 Å². The number of hydrogen-bond donors (Lipinski definition) is 1. The molecule has 1 saturated carbocycles. The number of fused-ring (bicyclic) bond motifs is 1. The SMILES string of the molecule is c1cncc(-c2nc3c(c(NCc4ccc(C5CC5)cc4)n2)CCC3)c1. The van der Waals surface area contributed by atoms with Gasteiger partial charge in [-0.25, -0.2) is 9.97 Å². The van der Waals surface area contributed by atoms with Crippen LogP contribution in [0.15, 0.2) is 48.8 Å². The van der Waals surface area contributed by atoms with Crippen LogP contribution in [0.1, 0.15) is 47.6 Å². The molecular formula is C22H22N4. The first-order chi connectivity index (χ1) is 12.9. The highest BCUT2D eigenvalue weighted by Crippen LogP contribution is 2.40. The average Bonchev–Trinajstić information content (AvgIpc) is 3.44. The van der Waals surface area contributed by atoms with Crippen molar-refractivity contribution in [3.63, 3.8) is 0 Å². The number of anilines is 1. The fourth-order valence-corrected chi connectivity index (χ4v) is 3.71. The van der Waals surface area contributed by atoms with E-state index in [9.17, 15) is 0 Å². The van der Waals surface area contributed by atoms with Gasteiger partial charge >= 0.3 is 0 Å². The summed E-state index contributed by atoms with van der Waals surface area (Å²) < 4.78 is 0. The number of benzene rings is 1. The summed E-state index contributed by atoms with van der Waals surface area (Å²) >= 11 is 0. The van der Waals surface area contributed by atoms with E-state index < -0.39 is 0 Å². The minimum absolute atomic E-state index is 0.769. The van der Waals surface area contributed by atoms with Crippen molar-refractivity contribution in [2.24, 2.45) is 0 Å². The zero-order chi connectivity index (χ0) is 17.3. The number of rotatable bonds is 5. The molecule has 0 radical (unpaired) electrons. The van der Waals surface area contributed by atoms with Gasteiger partial charge in [-0.1, -0.05) is 24.3 Å². The van der Waals surface area contributed by atoms with Crippen LogP contribution in [0.2, 0.25) is 0 Å². The summed E-state index contributed by atoms with van der Waals surface area (Å²) in [6, 6.07) is 13.0. The van der Waals surface area contributed by atoms with Crippen LogP contribution in [0, 0.1) is 0 Å². The molecule has 1 N–H and O–H groups in total. The Kier molecular flexibility index (Phi) is 3.89. The molecule has 0 unspecified atom stereocenters. The van der Waals surface area contributed by atoms with Gasteiger partial charge in [-0.05, 0) is 61.3 Å². The molecule has 0 atom stereocenters. The maximum absolute atomic E-state index is 4.82. The standard InChI is InChI=1S/C22H22N4/c1-4-19-20(5-1)25-21(18-3-2-12-23-14-18)26-22(19)24-13-15-6-8-16(9-7-15)17-10-11-17/h2-3,6-9,12,14,17H,1,4-5,10-11,13H2,(H,24,25,26). The van der Waals surface area contributed by atoms with E-state index in [-0.39, 0.29) is 0 Å². The molecule has 0 aliphatic heterocycles. The molecule has 1 aromatic carbocycles. The molecule has 0 bridgehead atoms. The first-order valence-electron chi connectivity index (χ1n) is 9.50. The molecule has 2 aliphatic rings. The lowest BCUT2D eigenvalue weighted by atomic mass is 10.1. The van der Waals surface area contributed by atoms with Crippen molar-refractivity contribution in [1.82, 2.24) is 15.0 Å². The van der Waals surface area contributed by atoms with Crippen molar-refractivity contribution in [2.75, 3.05) is 5.32 Å². The van der Waals surface area contributed by atoms with Crippen molar-refractivity contribution >= 4 is 5.82 Å². The lowest BCUT2D eigenvalue weighted by Crippen LogP contribution is -2.07. The molecule has 0 saturated heterocycles. The maximum atomic E-state index is 4.82. The summed E-state index contributed by atoms with van der Waals surface area (Å²) in [5.41, 5.74) is 6.22. The van der Waals surface area contributed by atoms with Crippen LogP contribution < -0.4 is 5.32 Å². The molecule has 2 aromatic heterocycles. The first-order valence-corrected chi connectivity index (χ1v) is 9.50. The Labute approximate surface area is 153 Å². The minimum atomic E-state index is 0.769. The molecule has 130 valence electrons. The lowest BCUT2D eigenvalue weighted by Gasteiger charge is -2.12. The van der Waals surface area contributed by atoms with Gasteiger partial charge in [0.05, 0.1) is 0 Å². The van der Waals surface area contributed by atoms with Crippen LogP contribution in [0.4, 0.5) is 5.82 Å². The van der Waals surface area contributed by atoms with Crippen LogP contribution in [0.5, 0.6) is 0 Å². The average molecular weight is 342 g/mol. The molecule has 26 heavy (non-hydrogen) atoms. The first kappa shape index (κ1) is 15.5. The van der Waals surface area contributed by atoms with Gasteiger partial charge < -0.3 is 5.32 Å². The van der Waals surface area contributed by atoms with Gasteiger partial charge in [0.1, 0.15) is 5.82 Å². The maximum Gasteiger partial charge on any atom is 0.163 e. The summed E-state index contributed by atoms with van der Waals surface area (Å²) in [5.74, 6) is 2.56. The Morgan fingerprint density at radius 1 is 1.00 bits per heavy atom. The van der Waals surface area contributed by atoms with E-state index in [1.54, 1.807) is 6.20 Å². The summed E-state index contributed by atoms with van der Waals surface area (Å²) in [6.07, 6.45) is 9.56. The Bertz CT molecular complexity index is 915. The second-order valence-electron chi connectivity index (χ2n) is 7.29. The van der Waals surface area contributed by atoms with E-state index in [1.165, 1.54) is 35.2 Å². The third-order valence-electron chi connectivity index (χ3n) is 5.34. The number of aryl methyl sites for hydroxylation is 1. The van der Waals surface area contributed by atoms with Crippen LogP contribution in [-0.4, -0.2) is 15.0 Å². The molecule has 1 fully saturated rings. The third-order valence-corrected chi connectivity index (χ3v) is 5.34. The Hall–Kier alpha value is -2.75. The predicted molar refractivity (Wildman–Crippen MR) is 103 cm³/mol. The molecular weight excluding hydrogens is 320 g/mol. The molecule has 2 heterocycles. The third kappa shape index (κ3) is 3.07. The van der Waals surface area contributed by atoms with Gasteiger partial charge in [-0.3, -0.25) is 4.98 Å². The zero-order valence-electron chi connectivity index (χ0n) is 14.8. The summed E-state index contributed by atoms with van der Waals surface area (Å²) in [7, 11) is 0. The Balaban J connectivity index is 1.40. The van der Waals surface area contributed by atoms with E-state index in [0.29, 0.717) is 0 Å². The fourth-order valence-electron chi connectivity index (χ4n) is 3.71. The summed E-state index contributed by atoms with van der Waals surface area (Å²) in [6.45, 7) is 0.793. The van der Waals surface area contributed by atoms with Crippen molar-refractivity contribution < 1.29 is 0 Å². The summed E-state index contributed by atoms with van der Waals surface area (Å²) in [5, 5.41) is 3.56. The summed E-state index contributed by atoms with van der Waals surface area (Å²) in [4.78, 5) is 13.8. The van der Waals surface area contributed by atoms with Crippen molar-refractivity contribution in [1.29, 1.82) is 0 Å². The second-order valence-corrected chi connectivity index (χ2v) is 7.29. The van der Waals surface area contributed by atoms with Crippen molar-refractivity contribution in [3.8, 4) is 11.4 Å². The highest BCUT2D eigenvalue weighted by atomic mass is 15.0. The smallest absolute Gasteiger partial charge is 0.163 e. The number of hydrogen-bond acceptors (Lipinski definition) is 4. The number of pyridine rings is 1. The molecule has 4 heteroatoms. The van der Waals surface area contributed by atoms with Crippen LogP contribution in [-0.2, 0) is 19.4 Å². The predicted octanol–water partition coefficient (Wildman–Crippen LogP) is 4.52. The molecule has 3 aromatic rings. The monoisotopic (exact) mass is 342 g/mol. The molecule has 0 amide bonds. The van der Waals surface area contributed by atoms with E-state index in [4.69, 9.17) is 9.97 Å². The zero-order valence-corrected chi connectivity index (χ0v) is 14.8. The van der Waals surface area contributed by atoms with E-state index in [0.717, 1.165) is 48.9 Å². The lowest BCUT2D eigenvalue weighted by molar-refractivity contribution is 0.899. The van der Waals surface area contributed by atoms with Gasteiger partial charge in [0.2, 0.25) is 0 Å². The van der Waals surface area contributed by atoms with Crippen LogP contribution in [0.3, 0.4) is 0 Å². The highest BCUT2D eigenvalue weighted by molar-refractivity contribution is 5.60. The highest BCUT2D eigenvalue weighted by Gasteiger charge is 2.23. The number of nitrogens with one attached hydrogen (secondary N) is 1. The van der Waals surface area contributed by atoms with E-state index >= 15 is 0 Å². The molecule has 0 spiro atoms. The fraction of sp³-hybridized carbons (Fsp3) is 0.318. The Morgan fingerprint density at radius 3 is 2.65 bits per heavy atom. The van der Waals surface area contributed by atoms with E-state index in [1.807, 2.05) is 18.3 Å². The molecule has 2 aliphatic carbocycles. The van der Waals surface area contributed by atoms with Crippen LogP contribution >= 0.6 is 0 Å². The van der Waals surface area contributed by atoms with Gasteiger partial charge in [0.25, 0.3) is 0 Å². The Morgan fingerprint density at radius 2 is 1.88 bits per heavy atom. The molecule has 4 nitrogen and oxygen atoms in total. The topological polar surface area (TPSA) is 50.7 Å². The van der Waals surface area contributed by atoms with Crippen molar-refractivity contribution in [3.05, 3.63) is 71.2 Å². The van der Waals surface area contributed by atoms with Gasteiger partial charge in [0.15, 0.2) is 5.82 Å². The van der Waals surface area contributed by atoms with Crippen molar-refractivity contribution in [2.45, 2.75) is 44.6 Å². The van der Waals surface area contributed by atoms with E-state index in [2.05, 4.69) is 34.6 Å². The minimum Gasteiger partial charge on any atom is -0.366 e. The number of aromatic nitrogens is 3. The largest absolute Gasteiger partial charge is 0.366 e. The second kappa shape index (κ2) is 6.52. The quantitative estimate of drug-likeness (QED) is 0.741. The molecule has 5 rings (SSSR count). The number of nitrogens with zero attached hydrogens (tertiary/aromatic N) is 3. The normalized spacial score (nSPS) is 15.7. The van der Waals surface area contributed by atoms with Gasteiger partial charge in [0, 0.05) is 35.8 Å².